The van der Waals surface area contributed by atoms with E-state index in [4.69, 9.17) is 14.3 Å². The molecule has 0 spiro atoms. The first-order chi connectivity index (χ1) is 10.8. The molecule has 0 atom stereocenters. The first kappa shape index (κ1) is 23.9. The van der Waals surface area contributed by atoms with Crippen LogP contribution in [0.2, 0.25) is 0 Å². The molecule has 0 aromatic rings. The third kappa shape index (κ3) is 13.9. The Morgan fingerprint density at radius 2 is 1.26 bits per heavy atom. The lowest BCUT2D eigenvalue weighted by atomic mass is 9.85. The normalized spacial score (nSPS) is 12.8. The molecule has 0 amide bonds. The van der Waals surface area contributed by atoms with Gasteiger partial charge in [0.25, 0.3) is 0 Å². The zero-order valence-electron chi connectivity index (χ0n) is 13.0. The minimum atomic E-state index is -3.12. The van der Waals surface area contributed by atoms with Crippen LogP contribution in [0.15, 0.2) is 0 Å². The van der Waals surface area contributed by atoms with E-state index in [0.29, 0.717) is 12.8 Å². The largest absolute Gasteiger partial charge is 0.820 e. The number of hydrogen-bond acceptors (Lipinski definition) is 9. The van der Waals surface area contributed by atoms with Crippen LogP contribution >= 0.6 is 25.8 Å². The summed E-state index contributed by atoms with van der Waals surface area (Å²) in [6, 6.07) is 0. The van der Waals surface area contributed by atoms with E-state index >= 15 is 0 Å². The lowest BCUT2D eigenvalue weighted by Gasteiger charge is -2.41. The van der Waals surface area contributed by atoms with Gasteiger partial charge in [0.05, 0.1) is 19.8 Å². The second-order valence-corrected chi connectivity index (χ2v) is 7.36. The highest BCUT2D eigenvalue weighted by Crippen LogP contribution is 2.37. The molecule has 0 fully saturated rings. The molecule has 9 nitrogen and oxygen atoms in total. The van der Waals surface area contributed by atoms with Gasteiger partial charge in [0.1, 0.15) is 0 Å². The van der Waals surface area contributed by atoms with Gasteiger partial charge in [-0.1, -0.05) is 39.0 Å². The van der Waals surface area contributed by atoms with E-state index < -0.39 is 31.2 Å². The Hall–Kier alpha value is 0.930. The van der Waals surface area contributed by atoms with Crippen molar-refractivity contribution >= 4 is 25.8 Å². The Bertz CT molecular complexity index is 250. The van der Waals surface area contributed by atoms with Crippen molar-refractivity contribution in [3.05, 3.63) is 0 Å². The zero-order chi connectivity index (χ0) is 17.7. The van der Waals surface area contributed by atoms with Crippen LogP contribution in [-0.4, -0.2) is 29.6 Å². The van der Waals surface area contributed by atoms with Gasteiger partial charge in [-0.05, 0) is 6.42 Å². The fourth-order valence-electron chi connectivity index (χ4n) is 2.02. The van der Waals surface area contributed by atoms with Gasteiger partial charge in [-0.15, -0.1) is 0 Å². The first-order valence-corrected chi connectivity index (χ1v) is 10.5. The Balaban J connectivity index is 4.72. The fourth-order valence-corrected chi connectivity index (χ4v) is 3.17. The van der Waals surface area contributed by atoms with Crippen molar-refractivity contribution in [1.29, 1.82) is 0 Å². The van der Waals surface area contributed by atoms with Crippen LogP contribution in [0.5, 0.6) is 0 Å². The van der Waals surface area contributed by atoms with Crippen molar-refractivity contribution in [3.63, 3.8) is 0 Å². The summed E-state index contributed by atoms with van der Waals surface area (Å²) in [7, 11) is -8.90. The molecular formula is C11H23O9P3-4. The van der Waals surface area contributed by atoms with E-state index in [1.165, 1.54) is 0 Å². The molecule has 0 heterocycles. The molecule has 0 aliphatic heterocycles. The second-order valence-electron chi connectivity index (χ2n) is 5.18. The summed E-state index contributed by atoms with van der Waals surface area (Å²) in [5, 5.41) is 0. The van der Waals surface area contributed by atoms with Gasteiger partial charge in [0, 0.05) is 5.41 Å². The molecule has 0 aliphatic carbocycles. The van der Waals surface area contributed by atoms with Crippen molar-refractivity contribution < 1.29 is 42.9 Å². The summed E-state index contributed by atoms with van der Waals surface area (Å²) < 4.78 is 14.0. The predicted octanol–water partition coefficient (Wildman–Crippen LogP) is -0.510. The van der Waals surface area contributed by atoms with Gasteiger partial charge in [-0.3, -0.25) is 0 Å². The maximum Gasteiger partial charge on any atom is 0.327 e. The van der Waals surface area contributed by atoms with Gasteiger partial charge in [0.15, 0.2) is 0 Å². The lowest BCUT2D eigenvalue weighted by Crippen LogP contribution is -2.37. The molecular weight excluding hydrogens is 369 g/mol. The summed E-state index contributed by atoms with van der Waals surface area (Å²) in [6.07, 6.45) is 5.03. The van der Waals surface area contributed by atoms with Gasteiger partial charge in [0.2, 0.25) is 0 Å². The fraction of sp³-hybridized carbons (Fsp3) is 1.00. The van der Waals surface area contributed by atoms with Crippen molar-refractivity contribution in [2.45, 2.75) is 45.4 Å². The molecule has 0 radical (unpaired) electrons. The van der Waals surface area contributed by atoms with Crippen LogP contribution in [0.3, 0.4) is 0 Å². The third-order valence-electron chi connectivity index (χ3n) is 3.25. The number of rotatable bonds is 15. The maximum atomic E-state index is 10.7. The van der Waals surface area contributed by atoms with Gasteiger partial charge < -0.3 is 42.9 Å². The average molecular weight is 392 g/mol. The molecule has 140 valence electrons. The zero-order valence-corrected chi connectivity index (χ0v) is 15.6. The Kier molecular flexibility index (Phi) is 14.7. The monoisotopic (exact) mass is 392 g/mol. The summed E-state index contributed by atoms with van der Waals surface area (Å²) in [4.78, 5) is 60.4. The Morgan fingerprint density at radius 3 is 1.70 bits per heavy atom. The van der Waals surface area contributed by atoms with Crippen molar-refractivity contribution in [2.75, 3.05) is 19.8 Å². The molecule has 0 saturated heterocycles. The van der Waals surface area contributed by atoms with Crippen molar-refractivity contribution in [2.24, 2.45) is 5.41 Å². The van der Waals surface area contributed by atoms with E-state index in [1.54, 1.807) is 0 Å². The number of hydrogen-bond donors (Lipinski definition) is 2. The first-order valence-electron chi connectivity index (χ1n) is 7.17. The third-order valence-corrected chi connectivity index (χ3v) is 4.29. The highest BCUT2D eigenvalue weighted by molar-refractivity contribution is 7.39. The predicted molar refractivity (Wildman–Crippen MR) is 78.9 cm³/mol. The van der Waals surface area contributed by atoms with Crippen LogP contribution < -0.4 is 19.6 Å². The number of unbranched alkanes of at least 4 members (excludes halogenated alkanes) is 4. The maximum absolute atomic E-state index is 10.7. The minimum Gasteiger partial charge on any atom is -0.820 e. The summed E-state index contributed by atoms with van der Waals surface area (Å²) in [5.74, 6) is 0. The van der Waals surface area contributed by atoms with Crippen LogP contribution in [0.1, 0.15) is 45.4 Å². The van der Waals surface area contributed by atoms with Gasteiger partial charge >= 0.3 is 8.60 Å². The standard InChI is InChI=1S/C11H23O9P3/c1-2-3-4-5-6-7-11(8-18-21(12)13,9-19-22(14)15)10-20-23(16)17/h12-13H,2-10H2,1H3/q-4. The molecule has 0 unspecified atom stereocenters. The smallest absolute Gasteiger partial charge is 0.327 e. The molecule has 2 N–H and O–H groups in total. The molecule has 0 saturated carbocycles. The summed E-state index contributed by atoms with van der Waals surface area (Å²) in [6.45, 7) is 1.07. The molecule has 0 aromatic carbocycles. The molecule has 0 bridgehead atoms. The molecule has 0 aromatic heterocycles. The lowest BCUT2D eigenvalue weighted by molar-refractivity contribution is -0.322. The Labute approximate surface area is 140 Å². The topological polar surface area (TPSA) is 160 Å². The SMILES string of the molecule is CCCCCCCC(COP([O-])[O-])(COP([O-])[O-])COP(O)O. The van der Waals surface area contributed by atoms with Gasteiger partial charge in [-0.25, -0.2) is 0 Å². The van der Waals surface area contributed by atoms with E-state index in [1.807, 2.05) is 0 Å². The van der Waals surface area contributed by atoms with Crippen LogP contribution in [0.4, 0.5) is 0 Å². The van der Waals surface area contributed by atoms with Crippen LogP contribution in [-0.2, 0) is 13.6 Å². The van der Waals surface area contributed by atoms with E-state index in [9.17, 15) is 19.6 Å². The van der Waals surface area contributed by atoms with Crippen molar-refractivity contribution in [3.8, 4) is 0 Å². The summed E-state index contributed by atoms with van der Waals surface area (Å²) in [5.41, 5.74) is -1.09. The Morgan fingerprint density at radius 1 is 0.783 bits per heavy atom. The van der Waals surface area contributed by atoms with Crippen molar-refractivity contribution in [1.82, 2.24) is 0 Å². The van der Waals surface area contributed by atoms with Crippen LogP contribution in [0, 0.1) is 5.41 Å². The molecule has 12 heteroatoms. The quantitative estimate of drug-likeness (QED) is 0.276. The molecule has 0 rings (SSSR count). The molecule has 0 aliphatic rings. The average Bonchev–Trinajstić information content (AvgIpc) is 2.47. The molecule has 23 heavy (non-hydrogen) atoms. The minimum absolute atomic E-state index is 0.286. The van der Waals surface area contributed by atoms with Crippen LogP contribution in [0.25, 0.3) is 0 Å². The highest BCUT2D eigenvalue weighted by atomic mass is 31.2. The van der Waals surface area contributed by atoms with E-state index in [2.05, 4.69) is 16.0 Å². The van der Waals surface area contributed by atoms with E-state index in [-0.39, 0.29) is 19.8 Å². The highest BCUT2D eigenvalue weighted by Gasteiger charge is 2.32. The van der Waals surface area contributed by atoms with E-state index in [0.717, 1.165) is 25.7 Å². The second kappa shape index (κ2) is 14.1. The summed E-state index contributed by atoms with van der Waals surface area (Å²) >= 11 is 0. The van der Waals surface area contributed by atoms with Gasteiger partial charge in [-0.2, -0.15) is 17.2 Å².